The van der Waals surface area contributed by atoms with E-state index in [1.807, 2.05) is 6.92 Å². The zero-order valence-electron chi connectivity index (χ0n) is 6.66. The molecule has 0 rings (SSSR count). The average molecular weight is 152 g/mol. The predicted octanol–water partition coefficient (Wildman–Crippen LogP) is -1.68. The van der Waals surface area contributed by atoms with Crippen molar-refractivity contribution in [3.63, 3.8) is 0 Å². The van der Waals surface area contributed by atoms with Crippen molar-refractivity contribution < 1.29 is 62.7 Å². The summed E-state index contributed by atoms with van der Waals surface area (Å²) < 4.78 is 0. The number of carboxylic acids is 1. The van der Waals surface area contributed by atoms with Gasteiger partial charge in [-0.2, -0.15) is 0 Å². The van der Waals surface area contributed by atoms with Gasteiger partial charge in [-0.15, -0.1) is 0 Å². The van der Waals surface area contributed by atoms with Gasteiger partial charge in [0.15, 0.2) is 0 Å². The van der Waals surface area contributed by atoms with Gasteiger partial charge in [-0.05, 0) is 6.92 Å². The Balaban J connectivity index is -0.000000245. The molecule has 0 aromatic rings. The largest absolute Gasteiger partial charge is 1.00 e. The van der Waals surface area contributed by atoms with Crippen LogP contribution in [0.1, 0.15) is 8.35 Å². The Hall–Kier alpha value is 0.586. The van der Waals surface area contributed by atoms with E-state index in [4.69, 9.17) is 5.11 Å². The Morgan fingerprint density at radius 3 is 2.44 bits per heavy atom. The minimum Gasteiger partial charge on any atom is -1.00 e. The third kappa shape index (κ3) is 11.9. The van der Waals surface area contributed by atoms with Gasteiger partial charge in [0.2, 0.25) is 0 Å². The molecule has 0 aliphatic carbocycles. The van der Waals surface area contributed by atoms with Crippen LogP contribution in [0.25, 0.3) is 0 Å². The van der Waals surface area contributed by atoms with E-state index >= 15 is 0 Å². The Labute approximate surface area is 98.5 Å². The normalized spacial score (nSPS) is 9.89. The third-order valence-corrected chi connectivity index (χ3v) is 0.542. The van der Waals surface area contributed by atoms with Crippen LogP contribution in [0.4, 0.5) is 0 Å². The summed E-state index contributed by atoms with van der Waals surface area (Å²) in [5.41, 5.74) is 0. The fraction of sp³-hybridized carbons (Fsp3) is 0.167. The van der Waals surface area contributed by atoms with Crippen molar-refractivity contribution in [3.8, 4) is 0 Å². The second-order valence-corrected chi connectivity index (χ2v) is 1.22. The summed E-state index contributed by atoms with van der Waals surface area (Å²) >= 11 is 0. The van der Waals surface area contributed by atoms with Crippen molar-refractivity contribution >= 4 is 5.97 Å². The van der Waals surface area contributed by atoms with Crippen LogP contribution in [0.5, 0.6) is 0 Å². The Bertz CT molecular complexity index is 132. The number of hydrogen-bond acceptors (Lipinski definition) is 1. The molecule has 3 heteroatoms. The van der Waals surface area contributed by atoms with Crippen LogP contribution in [-0.2, 0) is 4.79 Å². The topological polar surface area (TPSA) is 37.3 Å². The fourth-order valence-electron chi connectivity index (χ4n) is 0.249. The molecule has 1 N–H and O–H groups in total. The predicted molar refractivity (Wildman–Crippen MR) is 32.7 cm³/mol. The fourth-order valence-corrected chi connectivity index (χ4v) is 0.249. The number of allylic oxidation sites excluding steroid dienone is 3. The van der Waals surface area contributed by atoms with Crippen LogP contribution < -0.4 is 51.4 Å². The number of carbonyl (C=O) groups is 1. The van der Waals surface area contributed by atoms with Crippen molar-refractivity contribution in [2.24, 2.45) is 0 Å². The molecule has 0 atom stereocenters. The molecule has 0 saturated heterocycles. The first-order valence-corrected chi connectivity index (χ1v) is 2.29. The van der Waals surface area contributed by atoms with Gasteiger partial charge in [-0.1, -0.05) is 18.2 Å². The maximum absolute atomic E-state index is 9.75. The quantitative estimate of drug-likeness (QED) is 0.291. The summed E-state index contributed by atoms with van der Waals surface area (Å²) in [4.78, 5) is 9.75. The molecule has 0 saturated carbocycles. The molecule has 0 amide bonds. The van der Waals surface area contributed by atoms with Crippen LogP contribution in [0.3, 0.4) is 0 Å². The van der Waals surface area contributed by atoms with Gasteiger partial charge in [0, 0.05) is 6.08 Å². The number of aliphatic carboxylic acids is 1. The number of hydrogen-bond donors (Lipinski definition) is 1. The van der Waals surface area contributed by atoms with Crippen molar-refractivity contribution in [1.29, 1.82) is 0 Å². The summed E-state index contributed by atoms with van der Waals surface area (Å²) in [5.74, 6) is -0.914. The summed E-state index contributed by atoms with van der Waals surface area (Å²) in [7, 11) is 0. The average Bonchev–Trinajstić information content (AvgIpc) is 1.66. The SMILES string of the molecule is C/C=C/C=C/C(=O)O.[H-].[K+]. The molecule has 2 nitrogen and oxygen atoms in total. The minimum atomic E-state index is -0.914. The summed E-state index contributed by atoms with van der Waals surface area (Å²) in [6.45, 7) is 1.83. The van der Waals surface area contributed by atoms with Crippen molar-refractivity contribution in [1.82, 2.24) is 0 Å². The number of rotatable bonds is 2. The Morgan fingerprint density at radius 1 is 1.56 bits per heavy atom. The second kappa shape index (κ2) is 8.59. The zero-order valence-corrected chi connectivity index (χ0v) is 8.79. The monoisotopic (exact) mass is 152 g/mol. The van der Waals surface area contributed by atoms with Crippen LogP contribution in [0.15, 0.2) is 24.3 Å². The van der Waals surface area contributed by atoms with Gasteiger partial charge in [-0.3, -0.25) is 0 Å². The van der Waals surface area contributed by atoms with Gasteiger partial charge < -0.3 is 6.53 Å². The molecule has 46 valence electrons. The van der Waals surface area contributed by atoms with Crippen LogP contribution in [0.2, 0.25) is 0 Å². The van der Waals surface area contributed by atoms with Crippen LogP contribution in [0, 0.1) is 0 Å². The molecular weight excluding hydrogens is 143 g/mol. The zero-order chi connectivity index (χ0) is 6.41. The Kier molecular flexibility index (Phi) is 11.7. The number of carboxylic acid groups (broad SMARTS) is 1. The van der Waals surface area contributed by atoms with Gasteiger partial charge in [-0.25, -0.2) is 4.79 Å². The molecule has 0 spiro atoms. The Morgan fingerprint density at radius 2 is 2.11 bits per heavy atom. The third-order valence-electron chi connectivity index (χ3n) is 0.542. The van der Waals surface area contributed by atoms with Gasteiger partial charge in [0.25, 0.3) is 0 Å². The summed E-state index contributed by atoms with van der Waals surface area (Å²) in [5, 5.41) is 8.02. The first-order chi connectivity index (χ1) is 3.77. The van der Waals surface area contributed by atoms with E-state index in [1.165, 1.54) is 6.08 Å². The van der Waals surface area contributed by atoms with Crippen LogP contribution in [-0.4, -0.2) is 11.1 Å². The molecule has 0 aromatic carbocycles. The van der Waals surface area contributed by atoms with E-state index in [-0.39, 0.29) is 52.8 Å². The van der Waals surface area contributed by atoms with Gasteiger partial charge >= 0.3 is 57.4 Å². The molecule has 0 bridgehead atoms. The van der Waals surface area contributed by atoms with E-state index in [9.17, 15) is 4.79 Å². The first kappa shape index (κ1) is 12.3. The molecule has 0 heterocycles. The van der Waals surface area contributed by atoms with Crippen molar-refractivity contribution in [2.45, 2.75) is 6.92 Å². The maximum Gasteiger partial charge on any atom is 1.00 e. The van der Waals surface area contributed by atoms with E-state index < -0.39 is 5.97 Å². The van der Waals surface area contributed by atoms with E-state index in [0.29, 0.717) is 0 Å². The summed E-state index contributed by atoms with van der Waals surface area (Å²) in [6, 6.07) is 0. The first-order valence-electron chi connectivity index (χ1n) is 2.29. The van der Waals surface area contributed by atoms with Gasteiger partial charge in [0.1, 0.15) is 0 Å². The van der Waals surface area contributed by atoms with E-state index in [2.05, 4.69) is 0 Å². The minimum absolute atomic E-state index is 0. The van der Waals surface area contributed by atoms with Crippen molar-refractivity contribution in [2.75, 3.05) is 0 Å². The second-order valence-electron chi connectivity index (χ2n) is 1.22. The molecule has 0 aliphatic heterocycles. The molecule has 0 aliphatic rings. The maximum atomic E-state index is 9.75. The standard InChI is InChI=1S/C6H8O2.K.H/c1-2-3-4-5-6(7)8;;/h2-5H,1H3,(H,7,8);;/q;+1;-1/b3-2+,5-4+;;. The van der Waals surface area contributed by atoms with Crippen LogP contribution >= 0.6 is 0 Å². The molecule has 0 aromatic heterocycles. The molecule has 9 heavy (non-hydrogen) atoms. The van der Waals surface area contributed by atoms with E-state index in [1.54, 1.807) is 12.2 Å². The molecule has 0 unspecified atom stereocenters. The summed E-state index contributed by atoms with van der Waals surface area (Å²) in [6.07, 6.45) is 5.98. The smallest absolute Gasteiger partial charge is 1.00 e. The van der Waals surface area contributed by atoms with E-state index in [0.717, 1.165) is 6.08 Å². The van der Waals surface area contributed by atoms with Gasteiger partial charge in [0.05, 0.1) is 0 Å². The molecule has 0 radical (unpaired) electrons. The molecule has 0 fully saturated rings. The van der Waals surface area contributed by atoms with Crippen molar-refractivity contribution in [3.05, 3.63) is 24.3 Å². The molecular formula is C6H9KO2.